The highest BCUT2D eigenvalue weighted by Crippen LogP contribution is 2.21. The summed E-state index contributed by atoms with van der Waals surface area (Å²) in [5.41, 5.74) is -0.991. The SMILES string of the molecule is O=C(NOCC(F)(F)F)c1cc([N+](=O)[O-])c(F)cc1F. The number of nitrogens with one attached hydrogen (secondary N) is 1. The first-order valence-corrected chi connectivity index (χ1v) is 4.74. The van der Waals surface area contributed by atoms with Crippen LogP contribution in [0.15, 0.2) is 12.1 Å². The van der Waals surface area contributed by atoms with Crippen molar-refractivity contribution in [3.05, 3.63) is 39.4 Å². The van der Waals surface area contributed by atoms with Crippen LogP contribution in [0.5, 0.6) is 0 Å². The van der Waals surface area contributed by atoms with Crippen LogP contribution in [0, 0.1) is 21.7 Å². The van der Waals surface area contributed by atoms with E-state index in [1.165, 1.54) is 5.48 Å². The molecule has 110 valence electrons. The predicted octanol–water partition coefficient (Wildman–Crippen LogP) is 2.10. The minimum Gasteiger partial charge on any atom is -0.267 e. The van der Waals surface area contributed by atoms with Crippen molar-refractivity contribution in [2.75, 3.05) is 6.61 Å². The van der Waals surface area contributed by atoms with Gasteiger partial charge in [-0.25, -0.2) is 9.87 Å². The molecule has 0 atom stereocenters. The molecule has 6 nitrogen and oxygen atoms in total. The smallest absolute Gasteiger partial charge is 0.267 e. The Labute approximate surface area is 107 Å². The first kappa shape index (κ1) is 15.8. The Balaban J connectivity index is 2.88. The molecule has 0 bridgehead atoms. The van der Waals surface area contributed by atoms with Gasteiger partial charge in [-0.05, 0) is 0 Å². The number of halogens is 5. The quantitative estimate of drug-likeness (QED) is 0.524. The van der Waals surface area contributed by atoms with Crippen LogP contribution >= 0.6 is 0 Å². The second-order valence-electron chi connectivity index (χ2n) is 3.38. The third-order valence-electron chi connectivity index (χ3n) is 1.88. The van der Waals surface area contributed by atoms with E-state index in [1.807, 2.05) is 0 Å². The number of hydroxylamine groups is 1. The van der Waals surface area contributed by atoms with E-state index in [0.29, 0.717) is 0 Å². The van der Waals surface area contributed by atoms with Gasteiger partial charge >= 0.3 is 11.9 Å². The molecule has 0 spiro atoms. The van der Waals surface area contributed by atoms with Gasteiger partial charge in [0.25, 0.3) is 5.91 Å². The number of nitro groups is 1. The normalized spacial score (nSPS) is 11.2. The summed E-state index contributed by atoms with van der Waals surface area (Å²) in [6.07, 6.45) is -4.74. The second kappa shape index (κ2) is 5.77. The number of carbonyl (C=O) groups excluding carboxylic acids is 1. The summed E-state index contributed by atoms with van der Waals surface area (Å²) >= 11 is 0. The Morgan fingerprint density at radius 3 is 2.40 bits per heavy atom. The van der Waals surface area contributed by atoms with Gasteiger partial charge in [0.05, 0.1) is 10.5 Å². The molecule has 20 heavy (non-hydrogen) atoms. The Kier molecular flexibility index (Phi) is 4.55. The minimum atomic E-state index is -4.74. The molecule has 11 heteroatoms. The van der Waals surface area contributed by atoms with Gasteiger partial charge in [-0.15, -0.1) is 0 Å². The monoisotopic (exact) mass is 300 g/mol. The van der Waals surface area contributed by atoms with Crippen molar-refractivity contribution in [2.24, 2.45) is 0 Å². The van der Waals surface area contributed by atoms with Gasteiger partial charge in [0.1, 0.15) is 5.82 Å². The number of nitro benzene ring substituents is 1. The van der Waals surface area contributed by atoms with E-state index < -0.39 is 46.5 Å². The lowest BCUT2D eigenvalue weighted by Gasteiger charge is -2.08. The van der Waals surface area contributed by atoms with E-state index in [9.17, 15) is 36.9 Å². The molecule has 0 aliphatic rings. The van der Waals surface area contributed by atoms with Crippen LogP contribution in [-0.4, -0.2) is 23.6 Å². The molecular weight excluding hydrogens is 295 g/mol. The Morgan fingerprint density at radius 2 is 1.90 bits per heavy atom. The van der Waals surface area contributed by atoms with Gasteiger partial charge < -0.3 is 0 Å². The largest absolute Gasteiger partial charge is 0.414 e. The van der Waals surface area contributed by atoms with E-state index in [-0.39, 0.29) is 12.1 Å². The van der Waals surface area contributed by atoms with Crippen molar-refractivity contribution < 1.29 is 36.5 Å². The Hall–Kier alpha value is -2.30. The fraction of sp³-hybridized carbons (Fsp3) is 0.222. The summed E-state index contributed by atoms with van der Waals surface area (Å²) in [5.74, 6) is -4.53. The number of amides is 1. The molecule has 0 unspecified atom stereocenters. The molecule has 1 aromatic rings. The molecule has 0 saturated heterocycles. The molecule has 0 aromatic heterocycles. The number of benzene rings is 1. The molecule has 1 amide bonds. The van der Waals surface area contributed by atoms with Crippen molar-refractivity contribution in [1.82, 2.24) is 5.48 Å². The number of hydrogen-bond donors (Lipinski definition) is 1. The van der Waals surface area contributed by atoms with Crippen LogP contribution in [-0.2, 0) is 4.84 Å². The summed E-state index contributed by atoms with van der Waals surface area (Å²) in [6, 6.07) is 0.313. The van der Waals surface area contributed by atoms with Crippen molar-refractivity contribution in [1.29, 1.82) is 0 Å². The van der Waals surface area contributed by atoms with Gasteiger partial charge in [-0.1, -0.05) is 0 Å². The third-order valence-corrected chi connectivity index (χ3v) is 1.88. The molecular formula is C9H5F5N2O4. The molecule has 0 fully saturated rings. The van der Waals surface area contributed by atoms with Gasteiger partial charge in [-0.2, -0.15) is 17.6 Å². The maximum atomic E-state index is 13.2. The van der Waals surface area contributed by atoms with Crippen molar-refractivity contribution in [3.8, 4) is 0 Å². The van der Waals surface area contributed by atoms with E-state index in [1.54, 1.807) is 0 Å². The van der Waals surface area contributed by atoms with Gasteiger partial charge in [0.15, 0.2) is 6.61 Å². The Morgan fingerprint density at radius 1 is 1.30 bits per heavy atom. The topological polar surface area (TPSA) is 81.5 Å². The lowest BCUT2D eigenvalue weighted by Crippen LogP contribution is -2.30. The van der Waals surface area contributed by atoms with E-state index in [4.69, 9.17) is 0 Å². The first-order chi connectivity index (χ1) is 9.11. The number of alkyl halides is 3. The van der Waals surface area contributed by atoms with Gasteiger partial charge in [0.2, 0.25) is 5.82 Å². The zero-order valence-corrected chi connectivity index (χ0v) is 9.33. The van der Waals surface area contributed by atoms with Crippen molar-refractivity contribution in [2.45, 2.75) is 6.18 Å². The van der Waals surface area contributed by atoms with Crippen LogP contribution < -0.4 is 5.48 Å². The summed E-state index contributed by atoms with van der Waals surface area (Å²) in [5, 5.41) is 10.4. The predicted molar refractivity (Wildman–Crippen MR) is 52.5 cm³/mol. The molecule has 1 aromatic carbocycles. The Bertz CT molecular complexity index is 546. The molecule has 0 aliphatic carbocycles. The first-order valence-electron chi connectivity index (χ1n) is 4.74. The molecule has 0 aliphatic heterocycles. The summed E-state index contributed by atoms with van der Waals surface area (Å²) in [6.45, 7) is -1.84. The van der Waals surface area contributed by atoms with Crippen molar-refractivity contribution >= 4 is 11.6 Å². The minimum absolute atomic E-state index is 0.0663. The number of hydrogen-bond acceptors (Lipinski definition) is 4. The number of carbonyl (C=O) groups is 1. The van der Waals surface area contributed by atoms with Crippen LogP contribution in [0.1, 0.15) is 10.4 Å². The van der Waals surface area contributed by atoms with Crippen LogP contribution in [0.2, 0.25) is 0 Å². The number of rotatable bonds is 4. The zero-order valence-electron chi connectivity index (χ0n) is 9.33. The summed E-state index contributed by atoms with van der Waals surface area (Å²) < 4.78 is 61.3. The van der Waals surface area contributed by atoms with E-state index in [0.717, 1.165) is 0 Å². The van der Waals surface area contributed by atoms with E-state index in [2.05, 4.69) is 4.84 Å². The zero-order chi connectivity index (χ0) is 15.5. The summed E-state index contributed by atoms with van der Waals surface area (Å²) in [7, 11) is 0. The highest BCUT2D eigenvalue weighted by Gasteiger charge is 2.29. The fourth-order valence-electron chi connectivity index (χ4n) is 1.09. The average molecular weight is 300 g/mol. The maximum absolute atomic E-state index is 13.2. The lowest BCUT2D eigenvalue weighted by molar-refractivity contribution is -0.387. The molecule has 0 heterocycles. The van der Waals surface area contributed by atoms with Crippen molar-refractivity contribution in [3.63, 3.8) is 0 Å². The van der Waals surface area contributed by atoms with Crippen LogP contribution in [0.4, 0.5) is 27.6 Å². The van der Waals surface area contributed by atoms with Crippen LogP contribution in [0.3, 0.4) is 0 Å². The lowest BCUT2D eigenvalue weighted by atomic mass is 10.1. The molecule has 1 rings (SSSR count). The second-order valence-corrected chi connectivity index (χ2v) is 3.38. The molecule has 0 saturated carbocycles. The maximum Gasteiger partial charge on any atom is 0.414 e. The van der Waals surface area contributed by atoms with Gasteiger partial charge in [-0.3, -0.25) is 19.7 Å². The number of nitrogens with zero attached hydrogens (tertiary/aromatic N) is 1. The fourth-order valence-corrected chi connectivity index (χ4v) is 1.09. The molecule has 1 N–H and O–H groups in total. The highest BCUT2D eigenvalue weighted by atomic mass is 19.4. The van der Waals surface area contributed by atoms with E-state index >= 15 is 0 Å². The highest BCUT2D eigenvalue weighted by molar-refractivity contribution is 5.94. The average Bonchev–Trinajstić information content (AvgIpc) is 2.26. The summed E-state index contributed by atoms with van der Waals surface area (Å²) in [4.78, 5) is 24.2. The molecule has 0 radical (unpaired) electrons. The third kappa shape index (κ3) is 4.12. The van der Waals surface area contributed by atoms with Crippen LogP contribution in [0.25, 0.3) is 0 Å². The van der Waals surface area contributed by atoms with Gasteiger partial charge in [0, 0.05) is 12.1 Å². The standard InChI is InChI=1S/C9H5F5N2O4/c10-5-2-6(11)7(16(18)19)1-4(5)8(17)15-20-3-9(12,13)14/h1-2H,3H2,(H,15,17).